The van der Waals surface area contributed by atoms with Crippen LogP contribution < -0.4 is 21.0 Å². The van der Waals surface area contributed by atoms with Crippen molar-refractivity contribution in [2.24, 2.45) is 0 Å². The average Bonchev–Trinajstić information content (AvgIpc) is 3.35. The van der Waals surface area contributed by atoms with Gasteiger partial charge in [0.1, 0.15) is 0 Å². The smallest absolute Gasteiger partial charge is 0.381 e. The summed E-state index contributed by atoms with van der Waals surface area (Å²) in [5, 5.41) is 18.6. The van der Waals surface area contributed by atoms with Crippen molar-refractivity contribution in [3.8, 4) is 10.9 Å². The number of aromatic nitrogens is 4. The number of aryl methyl sites for hydroxylation is 1. The molecule has 1 atom stereocenters. The summed E-state index contributed by atoms with van der Waals surface area (Å²) in [5.41, 5.74) is 0.445. The van der Waals surface area contributed by atoms with Gasteiger partial charge in [-0.25, -0.2) is 9.48 Å². The van der Waals surface area contributed by atoms with E-state index in [9.17, 15) is 9.59 Å². The van der Waals surface area contributed by atoms with Crippen molar-refractivity contribution in [2.45, 2.75) is 26.3 Å². The van der Waals surface area contributed by atoms with Gasteiger partial charge in [0.2, 0.25) is 16.0 Å². The Bertz CT molecular complexity index is 1080. The molecule has 3 heterocycles. The van der Waals surface area contributed by atoms with Crippen LogP contribution in [0.15, 0.2) is 27.5 Å². The van der Waals surface area contributed by atoms with E-state index in [4.69, 9.17) is 13.9 Å². The Balaban J connectivity index is 1.83. The number of hydrogen-bond acceptors (Lipinski definition) is 10. The number of ether oxygens (including phenoxy) is 2. The molecular weight excluding hydrogens is 412 g/mol. The Morgan fingerprint density at radius 1 is 1.37 bits per heavy atom. The van der Waals surface area contributed by atoms with Crippen molar-refractivity contribution in [1.29, 1.82) is 0 Å². The molecule has 12 heteroatoms. The van der Waals surface area contributed by atoms with Crippen LogP contribution in [0.1, 0.15) is 29.6 Å². The molecule has 0 radical (unpaired) electrons. The molecule has 0 aliphatic rings. The molecule has 0 bridgehead atoms. The molecule has 160 valence electrons. The summed E-state index contributed by atoms with van der Waals surface area (Å²) in [6.45, 7) is 4.26. The number of carbonyl (C=O) groups is 1. The first-order valence-corrected chi connectivity index (χ1v) is 9.91. The minimum absolute atomic E-state index is 0.0199. The maximum Gasteiger partial charge on any atom is 0.381 e. The van der Waals surface area contributed by atoms with Gasteiger partial charge in [0.25, 0.3) is 5.91 Å². The lowest BCUT2D eigenvalue weighted by molar-refractivity contribution is 0.0991. The zero-order chi connectivity index (χ0) is 21.7. The van der Waals surface area contributed by atoms with E-state index in [2.05, 4.69) is 25.9 Å². The molecule has 30 heavy (non-hydrogen) atoms. The summed E-state index contributed by atoms with van der Waals surface area (Å²) in [7, 11) is 2.94. The quantitative estimate of drug-likeness (QED) is 0.519. The number of hydrogen-bond donors (Lipinski definition) is 2. The van der Waals surface area contributed by atoms with Crippen molar-refractivity contribution >= 4 is 28.1 Å². The lowest BCUT2D eigenvalue weighted by atomic mass is 10.2. The Hall–Kier alpha value is -3.25. The van der Waals surface area contributed by atoms with Gasteiger partial charge in [0.05, 0.1) is 19.4 Å². The number of nitrogens with one attached hydrogen (secondary N) is 2. The highest BCUT2D eigenvalue weighted by atomic mass is 32.1. The van der Waals surface area contributed by atoms with Gasteiger partial charge < -0.3 is 19.2 Å². The number of amides is 1. The van der Waals surface area contributed by atoms with Crippen LogP contribution in [0.25, 0.3) is 5.13 Å². The lowest BCUT2D eigenvalue weighted by Gasteiger charge is -2.18. The molecule has 0 spiro atoms. The molecule has 0 saturated carbocycles. The van der Waals surface area contributed by atoms with Crippen LogP contribution in [0, 0.1) is 6.92 Å². The molecule has 3 aromatic heterocycles. The molecule has 0 fully saturated rings. The minimum atomic E-state index is -0.773. The summed E-state index contributed by atoms with van der Waals surface area (Å²) in [6, 6.07) is 3.16. The molecule has 0 aliphatic heterocycles. The third-order valence-corrected chi connectivity index (χ3v) is 5.02. The van der Waals surface area contributed by atoms with E-state index >= 15 is 0 Å². The van der Waals surface area contributed by atoms with Crippen molar-refractivity contribution in [3.05, 3.63) is 40.2 Å². The average molecular weight is 434 g/mol. The normalized spacial score (nSPS) is 11.9. The maximum absolute atomic E-state index is 12.6. The van der Waals surface area contributed by atoms with Crippen LogP contribution >= 0.6 is 11.3 Å². The molecule has 0 saturated heterocycles. The zero-order valence-corrected chi connectivity index (χ0v) is 17.8. The maximum atomic E-state index is 12.6. The van der Waals surface area contributed by atoms with Gasteiger partial charge in [-0.05, 0) is 19.4 Å². The standard InChI is InChI=1S/C18H22N6O5S/c1-5-11(9-27-3)20-12-8-13(29-16(26)14(12)28-4)15(25)21-17-22-23-18(30-17)24-10(2)6-7-19-24/h6-8,11,20H,5,9H2,1-4H3,(H,21,22,25)/t11-/m0/s1. The van der Waals surface area contributed by atoms with Gasteiger partial charge in [0.15, 0.2) is 5.76 Å². The summed E-state index contributed by atoms with van der Waals surface area (Å²) >= 11 is 1.13. The minimum Gasteiger partial charge on any atom is -0.488 e. The predicted molar refractivity (Wildman–Crippen MR) is 111 cm³/mol. The highest BCUT2D eigenvalue weighted by Gasteiger charge is 2.20. The van der Waals surface area contributed by atoms with Gasteiger partial charge in [-0.1, -0.05) is 18.3 Å². The molecule has 3 aromatic rings. The van der Waals surface area contributed by atoms with Crippen molar-refractivity contribution in [3.63, 3.8) is 0 Å². The van der Waals surface area contributed by atoms with Gasteiger partial charge in [-0.15, -0.1) is 10.2 Å². The molecule has 2 N–H and O–H groups in total. The summed E-state index contributed by atoms with van der Waals surface area (Å²) in [4.78, 5) is 24.9. The molecule has 11 nitrogen and oxygen atoms in total. The van der Waals surface area contributed by atoms with Gasteiger partial charge >= 0.3 is 5.63 Å². The predicted octanol–water partition coefficient (Wildman–Crippen LogP) is 2.08. The topological polar surface area (TPSA) is 133 Å². The second-order valence-corrected chi connectivity index (χ2v) is 7.23. The van der Waals surface area contributed by atoms with E-state index in [1.54, 1.807) is 18.0 Å². The molecule has 3 rings (SSSR count). The first kappa shape index (κ1) is 21.5. The molecule has 1 amide bonds. The Morgan fingerprint density at radius 3 is 2.80 bits per heavy atom. The van der Waals surface area contributed by atoms with E-state index < -0.39 is 11.5 Å². The lowest BCUT2D eigenvalue weighted by Crippen LogP contribution is -2.26. The number of methoxy groups -OCH3 is 2. The highest BCUT2D eigenvalue weighted by Crippen LogP contribution is 2.24. The van der Waals surface area contributed by atoms with Crippen LogP contribution in [0.4, 0.5) is 10.8 Å². The fraction of sp³-hybridized carbons (Fsp3) is 0.389. The van der Waals surface area contributed by atoms with Crippen molar-refractivity contribution in [1.82, 2.24) is 20.0 Å². The molecule has 0 aliphatic carbocycles. The first-order valence-electron chi connectivity index (χ1n) is 9.10. The van der Waals surface area contributed by atoms with Crippen LogP contribution in [0.3, 0.4) is 0 Å². The molecule has 0 aromatic carbocycles. The molecule has 0 unspecified atom stereocenters. The van der Waals surface area contributed by atoms with Gasteiger partial charge in [-0.3, -0.25) is 10.1 Å². The zero-order valence-electron chi connectivity index (χ0n) is 17.0. The fourth-order valence-corrected chi connectivity index (χ4v) is 3.42. The van der Waals surface area contributed by atoms with Crippen LogP contribution in [0.2, 0.25) is 0 Å². The monoisotopic (exact) mass is 434 g/mol. The highest BCUT2D eigenvalue weighted by molar-refractivity contribution is 7.17. The third kappa shape index (κ3) is 4.66. The largest absolute Gasteiger partial charge is 0.488 e. The van der Waals surface area contributed by atoms with Crippen LogP contribution in [-0.4, -0.2) is 52.8 Å². The van der Waals surface area contributed by atoms with E-state index in [-0.39, 0.29) is 22.7 Å². The van der Waals surface area contributed by atoms with E-state index in [1.165, 1.54) is 13.2 Å². The number of carbonyl (C=O) groups excluding carboxylic acids is 1. The van der Waals surface area contributed by atoms with Crippen molar-refractivity contribution in [2.75, 3.05) is 31.5 Å². The number of anilines is 2. The third-order valence-electron chi connectivity index (χ3n) is 4.20. The van der Waals surface area contributed by atoms with Gasteiger partial charge in [-0.2, -0.15) is 5.10 Å². The Morgan fingerprint density at radius 2 is 2.17 bits per heavy atom. The second-order valence-electron chi connectivity index (χ2n) is 6.28. The second kappa shape index (κ2) is 9.50. The van der Waals surface area contributed by atoms with E-state index in [0.717, 1.165) is 23.5 Å². The summed E-state index contributed by atoms with van der Waals surface area (Å²) in [6.07, 6.45) is 2.38. The Labute approximate surface area is 176 Å². The molecular formula is C18H22N6O5S. The summed E-state index contributed by atoms with van der Waals surface area (Å²) < 4.78 is 17.0. The van der Waals surface area contributed by atoms with Crippen LogP contribution in [0.5, 0.6) is 5.75 Å². The van der Waals surface area contributed by atoms with Gasteiger partial charge in [0, 0.05) is 31.1 Å². The SMILES string of the molecule is CC[C@@H](COC)Nc1cc(C(=O)Nc2nnc(-n3nccc3C)s2)oc(=O)c1OC. The summed E-state index contributed by atoms with van der Waals surface area (Å²) in [5.74, 6) is -0.853. The van der Waals surface area contributed by atoms with E-state index in [0.29, 0.717) is 17.4 Å². The van der Waals surface area contributed by atoms with E-state index in [1.807, 2.05) is 19.9 Å². The number of nitrogens with zero attached hydrogens (tertiary/aromatic N) is 4. The number of rotatable bonds is 9. The fourth-order valence-electron chi connectivity index (χ4n) is 2.66. The van der Waals surface area contributed by atoms with Crippen LogP contribution in [-0.2, 0) is 4.74 Å². The Kier molecular flexibility index (Phi) is 6.79. The first-order chi connectivity index (χ1) is 14.5. The van der Waals surface area contributed by atoms with Crippen molar-refractivity contribution < 1.29 is 18.7 Å².